The van der Waals surface area contributed by atoms with Gasteiger partial charge in [0.25, 0.3) is 0 Å². The lowest BCUT2D eigenvalue weighted by atomic mass is 10.0. The van der Waals surface area contributed by atoms with Gasteiger partial charge in [-0.05, 0) is 44.7 Å². The van der Waals surface area contributed by atoms with E-state index in [1.165, 1.54) is 22.7 Å². The summed E-state index contributed by atoms with van der Waals surface area (Å²) in [6.07, 6.45) is 5.04. The van der Waals surface area contributed by atoms with Gasteiger partial charge in [-0.15, -0.1) is 0 Å². The number of anilines is 1. The number of aromatic nitrogens is 2. The Morgan fingerprint density at radius 1 is 1.17 bits per heavy atom. The van der Waals surface area contributed by atoms with E-state index in [-0.39, 0.29) is 17.3 Å². The van der Waals surface area contributed by atoms with Crippen molar-refractivity contribution < 1.29 is 13.5 Å². The maximum Gasteiger partial charge on any atom is 0.174 e. The Kier molecular flexibility index (Phi) is 6.66. The van der Waals surface area contributed by atoms with Crippen LogP contribution in [0.2, 0.25) is 0 Å². The van der Waals surface area contributed by atoms with E-state index < -0.39 is 16.1 Å². The molecule has 1 aromatic heterocycles. The lowest BCUT2D eigenvalue weighted by Crippen LogP contribution is -2.29. The summed E-state index contributed by atoms with van der Waals surface area (Å²) in [4.78, 5) is 8.60. The summed E-state index contributed by atoms with van der Waals surface area (Å²) in [5.74, 6) is 0.611. The average molecular weight is 417 g/mol. The quantitative estimate of drug-likeness (QED) is 0.540. The molecule has 0 amide bonds. The maximum atomic E-state index is 11.9. The standard InChI is InChI=1S/C21H28N4O3S/c1-14-6-4-5-7-18(14)16(3)25-20-13-22-19(12-23-20)21(26)24-15(2)10-11-29(27,28)17-8-9-17/h4-7,10-13,15-17,21,24,26H,8-9H2,1-3H3,(H,23,25)/b11-10+/t15-,16+,21?/m1/s1. The number of rotatable bonds is 9. The van der Waals surface area contributed by atoms with E-state index in [4.69, 9.17) is 0 Å². The van der Waals surface area contributed by atoms with E-state index in [0.29, 0.717) is 11.5 Å². The number of aryl methyl sites for hydroxylation is 1. The molecule has 1 heterocycles. The van der Waals surface area contributed by atoms with Gasteiger partial charge >= 0.3 is 0 Å². The lowest BCUT2D eigenvalue weighted by molar-refractivity contribution is 0.128. The molecule has 0 aliphatic heterocycles. The van der Waals surface area contributed by atoms with Crippen molar-refractivity contribution in [2.75, 3.05) is 5.32 Å². The van der Waals surface area contributed by atoms with Crippen LogP contribution in [-0.2, 0) is 9.84 Å². The molecule has 3 rings (SSSR count). The van der Waals surface area contributed by atoms with Crippen LogP contribution in [0.1, 0.15) is 55.8 Å². The van der Waals surface area contributed by atoms with Crippen LogP contribution in [0.5, 0.6) is 0 Å². The van der Waals surface area contributed by atoms with Gasteiger partial charge in [0.15, 0.2) is 9.84 Å². The third kappa shape index (κ3) is 5.85. The summed E-state index contributed by atoms with van der Waals surface area (Å²) in [6.45, 7) is 5.89. The van der Waals surface area contributed by atoms with Gasteiger partial charge in [0.2, 0.25) is 0 Å². The minimum atomic E-state index is -3.16. The van der Waals surface area contributed by atoms with Crippen LogP contribution in [0.4, 0.5) is 5.82 Å². The zero-order valence-corrected chi connectivity index (χ0v) is 17.7. The van der Waals surface area contributed by atoms with Gasteiger partial charge in [0.05, 0.1) is 23.7 Å². The van der Waals surface area contributed by atoms with Crippen molar-refractivity contribution in [2.24, 2.45) is 0 Å². The zero-order valence-electron chi connectivity index (χ0n) is 16.9. The highest BCUT2D eigenvalue weighted by molar-refractivity contribution is 7.95. The first-order valence-corrected chi connectivity index (χ1v) is 11.4. The molecule has 3 N–H and O–H groups in total. The summed E-state index contributed by atoms with van der Waals surface area (Å²) in [5, 5.41) is 17.5. The van der Waals surface area contributed by atoms with Crippen LogP contribution >= 0.6 is 0 Å². The largest absolute Gasteiger partial charge is 0.373 e. The molecule has 156 valence electrons. The number of aliphatic hydroxyl groups excluding tert-OH is 1. The average Bonchev–Trinajstić information content (AvgIpc) is 3.53. The van der Waals surface area contributed by atoms with Gasteiger partial charge in [0.1, 0.15) is 17.7 Å². The molecular weight excluding hydrogens is 388 g/mol. The number of hydrogen-bond donors (Lipinski definition) is 3. The van der Waals surface area contributed by atoms with Crippen LogP contribution < -0.4 is 10.6 Å². The second-order valence-corrected chi connectivity index (χ2v) is 9.64. The summed E-state index contributed by atoms with van der Waals surface area (Å²) in [6, 6.07) is 7.88. The van der Waals surface area contributed by atoms with E-state index in [0.717, 1.165) is 12.8 Å². The fourth-order valence-corrected chi connectivity index (χ4v) is 4.52. The van der Waals surface area contributed by atoms with Crippen molar-refractivity contribution in [3.63, 3.8) is 0 Å². The number of nitrogens with zero attached hydrogens (tertiary/aromatic N) is 2. The van der Waals surface area contributed by atoms with Crippen molar-refractivity contribution in [3.05, 3.63) is 65.0 Å². The Bertz CT molecular complexity index is 956. The molecule has 0 spiro atoms. The Labute approximate surface area is 172 Å². The first kappa shape index (κ1) is 21.4. The Balaban J connectivity index is 1.56. The van der Waals surface area contributed by atoms with Crippen LogP contribution in [0.25, 0.3) is 0 Å². The van der Waals surface area contributed by atoms with Crippen LogP contribution in [0, 0.1) is 6.92 Å². The SMILES string of the molecule is Cc1ccccc1[C@H](C)Nc1cnc(C(O)N[C@H](C)/C=C/S(=O)(=O)C2CC2)cn1. The van der Waals surface area contributed by atoms with Crippen molar-refractivity contribution in [1.82, 2.24) is 15.3 Å². The van der Waals surface area contributed by atoms with E-state index in [9.17, 15) is 13.5 Å². The molecule has 1 aliphatic rings. The molecule has 1 aliphatic carbocycles. The molecule has 3 atom stereocenters. The van der Waals surface area contributed by atoms with Gasteiger partial charge in [0, 0.05) is 11.4 Å². The molecule has 8 heteroatoms. The van der Waals surface area contributed by atoms with Gasteiger partial charge in [-0.25, -0.2) is 13.4 Å². The summed E-state index contributed by atoms with van der Waals surface area (Å²) in [7, 11) is -3.16. The zero-order chi connectivity index (χ0) is 21.0. The number of aliphatic hydroxyl groups is 1. The molecule has 1 saturated carbocycles. The fraction of sp³-hybridized carbons (Fsp3) is 0.429. The predicted octanol–water partition coefficient (Wildman–Crippen LogP) is 3.02. The second-order valence-electron chi connectivity index (χ2n) is 7.52. The smallest absolute Gasteiger partial charge is 0.174 e. The molecular formula is C21H28N4O3S. The molecule has 7 nitrogen and oxygen atoms in total. The molecule has 0 radical (unpaired) electrons. The van der Waals surface area contributed by atoms with Crippen molar-refractivity contribution in [3.8, 4) is 0 Å². The first-order chi connectivity index (χ1) is 13.8. The van der Waals surface area contributed by atoms with Gasteiger partial charge in [-0.3, -0.25) is 10.3 Å². The monoisotopic (exact) mass is 416 g/mol. The number of sulfone groups is 1. The van der Waals surface area contributed by atoms with Gasteiger partial charge in [-0.1, -0.05) is 30.3 Å². The summed E-state index contributed by atoms with van der Waals surface area (Å²) in [5.41, 5.74) is 2.74. The third-order valence-electron chi connectivity index (χ3n) is 4.94. The Morgan fingerprint density at radius 3 is 2.52 bits per heavy atom. The highest BCUT2D eigenvalue weighted by Crippen LogP contribution is 2.29. The van der Waals surface area contributed by atoms with Crippen LogP contribution in [-0.4, -0.2) is 34.8 Å². The van der Waals surface area contributed by atoms with Gasteiger partial charge in [-0.2, -0.15) is 0 Å². The number of benzene rings is 1. The van der Waals surface area contributed by atoms with E-state index in [1.54, 1.807) is 19.2 Å². The van der Waals surface area contributed by atoms with Crippen molar-refractivity contribution in [2.45, 2.75) is 57.2 Å². The third-order valence-corrected chi connectivity index (χ3v) is 6.88. The molecule has 1 aromatic carbocycles. The van der Waals surface area contributed by atoms with E-state index >= 15 is 0 Å². The number of hydrogen-bond acceptors (Lipinski definition) is 7. The fourth-order valence-electron chi connectivity index (χ4n) is 3.05. The molecule has 29 heavy (non-hydrogen) atoms. The van der Waals surface area contributed by atoms with E-state index in [1.807, 2.05) is 12.1 Å². The van der Waals surface area contributed by atoms with Gasteiger partial charge < -0.3 is 10.4 Å². The molecule has 1 fully saturated rings. The van der Waals surface area contributed by atoms with Crippen LogP contribution in [0.15, 0.2) is 48.1 Å². The number of nitrogens with one attached hydrogen (secondary N) is 2. The highest BCUT2D eigenvalue weighted by Gasteiger charge is 2.33. The minimum absolute atomic E-state index is 0.0676. The summed E-state index contributed by atoms with van der Waals surface area (Å²) >= 11 is 0. The summed E-state index contributed by atoms with van der Waals surface area (Å²) < 4.78 is 23.8. The normalized spacial score (nSPS) is 17.8. The molecule has 2 aromatic rings. The first-order valence-electron chi connectivity index (χ1n) is 9.76. The maximum absolute atomic E-state index is 11.9. The van der Waals surface area contributed by atoms with Crippen LogP contribution in [0.3, 0.4) is 0 Å². The van der Waals surface area contributed by atoms with Crippen molar-refractivity contribution in [1.29, 1.82) is 0 Å². The Hall–Kier alpha value is -2.29. The lowest BCUT2D eigenvalue weighted by Gasteiger charge is -2.18. The molecule has 1 unspecified atom stereocenters. The second kappa shape index (κ2) is 9.02. The molecule has 0 bridgehead atoms. The minimum Gasteiger partial charge on any atom is -0.373 e. The highest BCUT2D eigenvalue weighted by atomic mass is 32.2. The topological polar surface area (TPSA) is 104 Å². The van der Waals surface area contributed by atoms with E-state index in [2.05, 4.69) is 46.6 Å². The Morgan fingerprint density at radius 2 is 1.90 bits per heavy atom. The molecule has 0 saturated heterocycles. The predicted molar refractivity (Wildman–Crippen MR) is 114 cm³/mol. The van der Waals surface area contributed by atoms with Crippen molar-refractivity contribution >= 4 is 15.7 Å².